The Morgan fingerprint density at radius 1 is 1.42 bits per heavy atom. The Kier molecular flexibility index (Phi) is 4.25. The number of carbonyl (C=O) groups excluding carboxylic acids is 1. The van der Waals surface area contributed by atoms with Crippen LogP contribution in [0.25, 0.3) is 0 Å². The number of likely N-dealkylation sites (tertiary alicyclic amines) is 1. The highest BCUT2D eigenvalue weighted by Crippen LogP contribution is 2.31. The summed E-state index contributed by atoms with van der Waals surface area (Å²) in [7, 11) is 0. The van der Waals surface area contributed by atoms with Crippen LogP contribution in [0.2, 0.25) is 0 Å². The zero-order valence-electron chi connectivity index (χ0n) is 11.2. The number of aliphatic carboxylic acids is 1. The van der Waals surface area contributed by atoms with Crippen molar-refractivity contribution < 1.29 is 19.8 Å². The molecule has 108 valence electrons. The summed E-state index contributed by atoms with van der Waals surface area (Å²) in [4.78, 5) is 26.7. The molecular formula is C12H20N2O4S. The maximum Gasteiger partial charge on any atom is 0.327 e. The van der Waals surface area contributed by atoms with Crippen LogP contribution in [0.1, 0.15) is 20.3 Å². The van der Waals surface area contributed by atoms with E-state index in [0.29, 0.717) is 18.8 Å². The van der Waals surface area contributed by atoms with E-state index in [-0.39, 0.29) is 17.3 Å². The minimum absolute atomic E-state index is 0.0952. The van der Waals surface area contributed by atoms with Gasteiger partial charge >= 0.3 is 12.0 Å². The van der Waals surface area contributed by atoms with E-state index < -0.39 is 18.1 Å². The van der Waals surface area contributed by atoms with Crippen LogP contribution in [-0.2, 0) is 4.79 Å². The molecule has 2 aliphatic rings. The Bertz CT molecular complexity index is 377. The molecule has 2 heterocycles. The molecule has 0 bridgehead atoms. The smallest absolute Gasteiger partial charge is 0.327 e. The molecule has 19 heavy (non-hydrogen) atoms. The van der Waals surface area contributed by atoms with Gasteiger partial charge in [0, 0.05) is 24.8 Å². The maximum atomic E-state index is 12.4. The van der Waals surface area contributed by atoms with Crippen LogP contribution in [0.5, 0.6) is 0 Å². The van der Waals surface area contributed by atoms with E-state index in [1.165, 1.54) is 16.7 Å². The zero-order valence-corrected chi connectivity index (χ0v) is 12.0. The molecule has 0 spiro atoms. The Balaban J connectivity index is 2.05. The molecule has 4 atom stereocenters. The third kappa shape index (κ3) is 2.81. The topological polar surface area (TPSA) is 81.1 Å². The average Bonchev–Trinajstić information content (AvgIpc) is 2.94. The summed E-state index contributed by atoms with van der Waals surface area (Å²) in [6, 6.07) is -0.953. The van der Waals surface area contributed by atoms with Gasteiger partial charge in [-0.15, -0.1) is 11.8 Å². The van der Waals surface area contributed by atoms with Gasteiger partial charge in [0.2, 0.25) is 0 Å². The first-order valence-electron chi connectivity index (χ1n) is 6.51. The molecule has 4 unspecified atom stereocenters. The lowest BCUT2D eigenvalue weighted by molar-refractivity contribution is -0.141. The largest absolute Gasteiger partial charge is 0.480 e. The minimum Gasteiger partial charge on any atom is -0.480 e. The fourth-order valence-corrected chi connectivity index (χ4v) is 3.80. The van der Waals surface area contributed by atoms with Gasteiger partial charge in [-0.2, -0.15) is 0 Å². The number of amides is 2. The van der Waals surface area contributed by atoms with Gasteiger partial charge in [0.05, 0.1) is 11.5 Å². The first-order valence-corrected chi connectivity index (χ1v) is 7.56. The quantitative estimate of drug-likeness (QED) is 0.780. The number of thioether (sulfide) groups is 1. The van der Waals surface area contributed by atoms with Crippen LogP contribution in [0.3, 0.4) is 0 Å². The van der Waals surface area contributed by atoms with E-state index in [4.69, 9.17) is 5.11 Å². The number of hydrogen-bond acceptors (Lipinski definition) is 4. The summed E-state index contributed by atoms with van der Waals surface area (Å²) < 4.78 is 0. The molecule has 0 aromatic heterocycles. The van der Waals surface area contributed by atoms with Gasteiger partial charge in [0.15, 0.2) is 0 Å². The van der Waals surface area contributed by atoms with Crippen molar-refractivity contribution in [3.8, 4) is 0 Å². The van der Waals surface area contributed by atoms with E-state index in [1.807, 2.05) is 6.92 Å². The van der Waals surface area contributed by atoms with Crippen LogP contribution in [0, 0.1) is 5.92 Å². The van der Waals surface area contributed by atoms with Crippen molar-refractivity contribution in [2.75, 3.05) is 18.8 Å². The van der Waals surface area contributed by atoms with E-state index in [2.05, 4.69) is 0 Å². The van der Waals surface area contributed by atoms with E-state index in [1.54, 1.807) is 11.8 Å². The lowest BCUT2D eigenvalue weighted by Crippen LogP contribution is -2.50. The Morgan fingerprint density at radius 3 is 2.63 bits per heavy atom. The first kappa shape index (κ1) is 14.5. The van der Waals surface area contributed by atoms with Crippen LogP contribution < -0.4 is 0 Å². The summed E-state index contributed by atoms with van der Waals surface area (Å²) in [6.07, 6.45) is 0.342. The SMILES string of the molecule is CC(O)C1CCN(C(=O)N2C(C)SCC2C(=O)O)C1. The molecule has 7 heteroatoms. The molecular weight excluding hydrogens is 268 g/mol. The average molecular weight is 288 g/mol. The van der Waals surface area contributed by atoms with Crippen molar-refractivity contribution in [1.82, 2.24) is 9.80 Å². The van der Waals surface area contributed by atoms with Gasteiger partial charge in [0.1, 0.15) is 6.04 Å². The molecule has 0 aromatic rings. The fraction of sp³-hybridized carbons (Fsp3) is 0.833. The predicted molar refractivity (Wildman–Crippen MR) is 71.9 cm³/mol. The van der Waals surface area contributed by atoms with Crippen molar-refractivity contribution in [2.24, 2.45) is 5.92 Å². The highest BCUT2D eigenvalue weighted by atomic mass is 32.2. The third-order valence-corrected chi connectivity index (χ3v) is 5.12. The first-order chi connectivity index (χ1) is 8.91. The number of hydrogen-bond donors (Lipinski definition) is 2. The van der Waals surface area contributed by atoms with Crippen molar-refractivity contribution in [2.45, 2.75) is 37.8 Å². The molecule has 2 aliphatic heterocycles. The number of rotatable bonds is 2. The lowest BCUT2D eigenvalue weighted by Gasteiger charge is -2.30. The molecule has 0 saturated carbocycles. The van der Waals surface area contributed by atoms with Gasteiger partial charge in [0.25, 0.3) is 0 Å². The molecule has 2 saturated heterocycles. The number of urea groups is 1. The molecule has 2 N–H and O–H groups in total. The second-order valence-electron chi connectivity index (χ2n) is 5.21. The number of aliphatic hydroxyl groups is 1. The fourth-order valence-electron chi connectivity index (χ4n) is 2.64. The summed E-state index contributed by atoms with van der Waals surface area (Å²) in [5.74, 6) is -0.412. The number of carboxylic acids is 1. The monoisotopic (exact) mass is 288 g/mol. The zero-order chi connectivity index (χ0) is 14.2. The Labute approximate surface area is 116 Å². The van der Waals surface area contributed by atoms with Gasteiger partial charge < -0.3 is 15.1 Å². The maximum absolute atomic E-state index is 12.4. The van der Waals surface area contributed by atoms with E-state index in [9.17, 15) is 14.7 Å². The van der Waals surface area contributed by atoms with Crippen LogP contribution >= 0.6 is 11.8 Å². The van der Waals surface area contributed by atoms with Crippen molar-refractivity contribution in [1.29, 1.82) is 0 Å². The molecule has 0 aliphatic carbocycles. The van der Waals surface area contributed by atoms with E-state index in [0.717, 1.165) is 6.42 Å². The summed E-state index contributed by atoms with van der Waals surface area (Å²) in [5.41, 5.74) is 0. The van der Waals surface area contributed by atoms with Gasteiger partial charge in [-0.05, 0) is 20.3 Å². The van der Waals surface area contributed by atoms with Crippen molar-refractivity contribution in [3.05, 3.63) is 0 Å². The van der Waals surface area contributed by atoms with Crippen LogP contribution in [-0.4, -0.2) is 68.4 Å². The van der Waals surface area contributed by atoms with Crippen LogP contribution in [0.15, 0.2) is 0 Å². The Morgan fingerprint density at radius 2 is 2.11 bits per heavy atom. The van der Waals surface area contributed by atoms with Gasteiger partial charge in [-0.1, -0.05) is 0 Å². The van der Waals surface area contributed by atoms with Crippen molar-refractivity contribution in [3.63, 3.8) is 0 Å². The number of carbonyl (C=O) groups is 2. The molecule has 0 aromatic carbocycles. The number of nitrogens with zero attached hydrogens (tertiary/aromatic N) is 2. The van der Waals surface area contributed by atoms with Gasteiger partial charge in [-0.25, -0.2) is 9.59 Å². The highest BCUT2D eigenvalue weighted by Gasteiger charge is 2.42. The predicted octanol–water partition coefficient (Wildman–Crippen LogP) is 0.657. The normalized spacial score (nSPS) is 32.7. The number of aliphatic hydroxyl groups excluding tert-OH is 1. The molecule has 2 rings (SSSR count). The molecule has 6 nitrogen and oxygen atoms in total. The molecule has 0 radical (unpaired) electrons. The van der Waals surface area contributed by atoms with Crippen LogP contribution in [0.4, 0.5) is 4.79 Å². The van der Waals surface area contributed by atoms with Gasteiger partial charge in [-0.3, -0.25) is 4.90 Å². The second kappa shape index (κ2) is 5.58. The standard InChI is InChI=1S/C12H20N2O4S/c1-7(15)9-3-4-13(5-9)12(18)14-8(2)19-6-10(14)11(16)17/h7-10,15H,3-6H2,1-2H3,(H,16,17). The Hall–Kier alpha value is -0.950. The molecule has 2 fully saturated rings. The third-order valence-electron chi connectivity index (χ3n) is 3.91. The summed E-state index contributed by atoms with van der Waals surface area (Å²) >= 11 is 1.48. The highest BCUT2D eigenvalue weighted by molar-refractivity contribution is 8.00. The lowest BCUT2D eigenvalue weighted by atomic mass is 10.0. The molecule has 2 amide bonds. The number of carboxylic acid groups (broad SMARTS) is 1. The second-order valence-corrected chi connectivity index (χ2v) is 6.56. The summed E-state index contributed by atoms with van der Waals surface area (Å²) in [5, 5.41) is 18.6. The minimum atomic E-state index is -0.948. The summed E-state index contributed by atoms with van der Waals surface area (Å²) in [6.45, 7) is 4.69. The van der Waals surface area contributed by atoms with Crippen molar-refractivity contribution >= 4 is 23.8 Å². The van der Waals surface area contributed by atoms with E-state index >= 15 is 0 Å².